The van der Waals surface area contributed by atoms with Gasteiger partial charge in [0.1, 0.15) is 0 Å². The van der Waals surface area contributed by atoms with E-state index in [9.17, 15) is 18.5 Å². The van der Waals surface area contributed by atoms with Gasteiger partial charge in [0, 0.05) is 24.5 Å². The van der Waals surface area contributed by atoms with Crippen LogP contribution in [0.25, 0.3) is 0 Å². The van der Waals surface area contributed by atoms with E-state index in [1.54, 1.807) is 30.1 Å². The number of nitro benzene ring substituents is 1. The fraction of sp³-hybridized carbons (Fsp3) is 0.308. The van der Waals surface area contributed by atoms with Gasteiger partial charge in [-0.1, -0.05) is 0 Å². The average Bonchev–Trinajstić information content (AvgIpc) is 2.98. The molecule has 2 aromatic rings. The third-order valence-corrected chi connectivity index (χ3v) is 4.62. The molecule has 10 heteroatoms. The number of nitrogens with one attached hydrogen (secondary N) is 1. The van der Waals surface area contributed by atoms with Crippen LogP contribution in [-0.4, -0.2) is 36.3 Å². The van der Waals surface area contributed by atoms with Crippen LogP contribution in [0.5, 0.6) is 5.75 Å². The Morgan fingerprint density at radius 2 is 2.22 bits per heavy atom. The van der Waals surface area contributed by atoms with Crippen LogP contribution in [0.15, 0.2) is 41.6 Å². The van der Waals surface area contributed by atoms with Crippen LogP contribution in [-0.2, 0) is 16.6 Å². The number of hydrogen-bond donors (Lipinski definition) is 1. The number of hydrogen-bond acceptors (Lipinski definition) is 6. The predicted octanol–water partition coefficient (Wildman–Crippen LogP) is 1.17. The second-order valence-electron chi connectivity index (χ2n) is 4.84. The van der Waals surface area contributed by atoms with Gasteiger partial charge in [-0.15, -0.1) is 0 Å². The fourth-order valence-corrected chi connectivity index (χ4v) is 3.29. The number of aromatic nitrogens is 2. The maximum atomic E-state index is 12.3. The predicted molar refractivity (Wildman–Crippen MR) is 81.7 cm³/mol. The van der Waals surface area contributed by atoms with Crippen LogP contribution < -0.4 is 9.46 Å². The topological polar surface area (TPSA) is 116 Å². The summed E-state index contributed by atoms with van der Waals surface area (Å²) in [4.78, 5) is 10.1. The van der Waals surface area contributed by atoms with Gasteiger partial charge < -0.3 is 4.74 Å². The van der Waals surface area contributed by atoms with E-state index in [4.69, 9.17) is 4.74 Å². The zero-order chi connectivity index (χ0) is 17.0. The van der Waals surface area contributed by atoms with Crippen molar-refractivity contribution in [1.29, 1.82) is 0 Å². The molecule has 9 nitrogen and oxygen atoms in total. The summed E-state index contributed by atoms with van der Waals surface area (Å²) in [6.45, 7) is 2.02. The Bertz CT molecular complexity index is 789. The molecule has 23 heavy (non-hydrogen) atoms. The van der Waals surface area contributed by atoms with E-state index in [-0.39, 0.29) is 10.6 Å². The quantitative estimate of drug-likeness (QED) is 0.597. The number of methoxy groups -OCH3 is 1. The largest absolute Gasteiger partial charge is 0.490 e. The fourth-order valence-electron chi connectivity index (χ4n) is 2.04. The van der Waals surface area contributed by atoms with Crippen molar-refractivity contribution in [3.05, 3.63) is 46.8 Å². The number of nitrogens with zero attached hydrogens (tertiary/aromatic N) is 3. The van der Waals surface area contributed by atoms with E-state index in [1.807, 2.05) is 0 Å². The Kier molecular flexibility index (Phi) is 4.96. The molecule has 0 aliphatic carbocycles. The molecule has 1 heterocycles. The number of ether oxygens (including phenoxy) is 1. The van der Waals surface area contributed by atoms with E-state index in [2.05, 4.69) is 9.82 Å². The van der Waals surface area contributed by atoms with Crippen molar-refractivity contribution >= 4 is 15.7 Å². The molecule has 1 unspecified atom stereocenters. The molecule has 0 aliphatic heterocycles. The lowest BCUT2D eigenvalue weighted by Gasteiger charge is -2.14. The first-order valence-corrected chi connectivity index (χ1v) is 8.14. The van der Waals surface area contributed by atoms with E-state index >= 15 is 0 Å². The highest BCUT2D eigenvalue weighted by atomic mass is 32.2. The average molecular weight is 340 g/mol. The SMILES string of the molecule is COc1ccc(S(=O)(=O)NC(C)Cn2cccn2)cc1[N+](=O)[O-]. The summed E-state index contributed by atoms with van der Waals surface area (Å²) in [5, 5.41) is 15.0. The molecule has 0 spiro atoms. The molecule has 0 saturated carbocycles. The Morgan fingerprint density at radius 1 is 1.48 bits per heavy atom. The molecule has 0 amide bonds. The summed E-state index contributed by atoms with van der Waals surface area (Å²) in [5.74, 6) is -0.00135. The van der Waals surface area contributed by atoms with Crippen molar-refractivity contribution in [1.82, 2.24) is 14.5 Å². The molecular weight excluding hydrogens is 324 g/mol. The molecule has 1 aromatic heterocycles. The van der Waals surface area contributed by atoms with Gasteiger partial charge in [-0.25, -0.2) is 13.1 Å². The van der Waals surface area contributed by atoms with Crippen molar-refractivity contribution in [3.8, 4) is 5.75 Å². The minimum Gasteiger partial charge on any atom is -0.490 e. The Morgan fingerprint density at radius 3 is 2.78 bits per heavy atom. The summed E-state index contributed by atoms with van der Waals surface area (Å²) in [6, 6.07) is 4.77. The van der Waals surface area contributed by atoms with Gasteiger partial charge in [-0.2, -0.15) is 5.10 Å². The summed E-state index contributed by atoms with van der Waals surface area (Å²) in [7, 11) is -2.62. The lowest BCUT2D eigenvalue weighted by Crippen LogP contribution is -2.35. The van der Waals surface area contributed by atoms with Crippen LogP contribution in [0.2, 0.25) is 0 Å². The van der Waals surface area contributed by atoms with E-state index in [1.165, 1.54) is 19.2 Å². The first-order valence-electron chi connectivity index (χ1n) is 6.65. The zero-order valence-corrected chi connectivity index (χ0v) is 13.4. The maximum absolute atomic E-state index is 12.3. The molecule has 0 bridgehead atoms. The summed E-state index contributed by atoms with van der Waals surface area (Å²) >= 11 is 0. The molecule has 0 radical (unpaired) electrons. The van der Waals surface area contributed by atoms with Crippen molar-refractivity contribution in [3.63, 3.8) is 0 Å². The summed E-state index contributed by atoms with van der Waals surface area (Å²) < 4.78 is 33.6. The first-order chi connectivity index (χ1) is 10.8. The van der Waals surface area contributed by atoms with Crippen LogP contribution in [0.3, 0.4) is 0 Å². The smallest absolute Gasteiger partial charge is 0.312 e. The van der Waals surface area contributed by atoms with Gasteiger partial charge in [-0.05, 0) is 25.1 Å². The molecule has 0 saturated heterocycles. The molecule has 1 aromatic carbocycles. The van der Waals surface area contributed by atoms with Gasteiger partial charge >= 0.3 is 5.69 Å². The minimum absolute atomic E-state index is 0.00135. The second kappa shape index (κ2) is 6.75. The number of benzene rings is 1. The van der Waals surface area contributed by atoms with Gasteiger partial charge in [0.25, 0.3) is 0 Å². The third-order valence-electron chi connectivity index (χ3n) is 3.03. The van der Waals surface area contributed by atoms with Crippen molar-refractivity contribution in [2.75, 3.05) is 7.11 Å². The highest BCUT2D eigenvalue weighted by Crippen LogP contribution is 2.29. The molecule has 1 atom stereocenters. The van der Waals surface area contributed by atoms with Crippen LogP contribution in [0.1, 0.15) is 6.92 Å². The third kappa shape index (κ3) is 4.05. The van der Waals surface area contributed by atoms with Gasteiger partial charge in [0.05, 0.1) is 23.5 Å². The highest BCUT2D eigenvalue weighted by molar-refractivity contribution is 7.89. The summed E-state index contributed by atoms with van der Waals surface area (Å²) in [6.07, 6.45) is 3.30. The molecule has 124 valence electrons. The van der Waals surface area contributed by atoms with Crippen LogP contribution in [0.4, 0.5) is 5.69 Å². The van der Waals surface area contributed by atoms with Crippen molar-refractivity contribution in [2.24, 2.45) is 0 Å². The minimum atomic E-state index is -3.89. The van der Waals surface area contributed by atoms with E-state index in [0.29, 0.717) is 6.54 Å². The molecule has 1 N–H and O–H groups in total. The Balaban J connectivity index is 2.22. The number of sulfonamides is 1. The normalized spacial score (nSPS) is 12.8. The maximum Gasteiger partial charge on any atom is 0.312 e. The summed E-state index contributed by atoms with van der Waals surface area (Å²) in [5.41, 5.74) is -0.407. The lowest BCUT2D eigenvalue weighted by atomic mass is 10.3. The van der Waals surface area contributed by atoms with Gasteiger partial charge in [-0.3, -0.25) is 14.8 Å². The van der Waals surface area contributed by atoms with Crippen LogP contribution >= 0.6 is 0 Å². The van der Waals surface area contributed by atoms with Crippen molar-refractivity contribution in [2.45, 2.75) is 24.4 Å². The number of rotatable bonds is 7. The molecular formula is C13H16N4O5S. The standard InChI is InChI=1S/C13H16N4O5S/c1-10(9-16-7-3-6-14-16)15-23(20,21)11-4-5-13(22-2)12(8-11)17(18)19/h3-8,10,15H,9H2,1-2H3. The Hall–Kier alpha value is -2.46. The molecule has 0 aliphatic rings. The zero-order valence-electron chi connectivity index (χ0n) is 12.5. The molecule has 0 fully saturated rings. The van der Waals surface area contributed by atoms with Crippen molar-refractivity contribution < 1.29 is 18.1 Å². The molecule has 2 rings (SSSR count). The van der Waals surface area contributed by atoms with E-state index in [0.717, 1.165) is 6.07 Å². The second-order valence-corrected chi connectivity index (χ2v) is 6.56. The number of nitro groups is 1. The van der Waals surface area contributed by atoms with Gasteiger partial charge in [0.15, 0.2) is 5.75 Å². The monoisotopic (exact) mass is 340 g/mol. The lowest BCUT2D eigenvalue weighted by molar-refractivity contribution is -0.386. The van der Waals surface area contributed by atoms with Crippen LogP contribution in [0, 0.1) is 10.1 Å². The Labute approximate surface area is 133 Å². The van der Waals surface area contributed by atoms with E-state index < -0.39 is 26.7 Å². The highest BCUT2D eigenvalue weighted by Gasteiger charge is 2.23. The first kappa shape index (κ1) is 16.9. The van der Waals surface area contributed by atoms with Gasteiger partial charge in [0.2, 0.25) is 10.0 Å².